The SMILES string of the molecule is COc1ccc(-c2noc([C@H](C)NC(=O)c3ccccc3F)n2)cc1OC. The van der Waals surface area contributed by atoms with Crippen molar-refractivity contribution in [1.82, 2.24) is 15.5 Å². The van der Waals surface area contributed by atoms with Gasteiger partial charge in [-0.2, -0.15) is 4.98 Å². The number of methoxy groups -OCH3 is 2. The Morgan fingerprint density at radius 3 is 2.59 bits per heavy atom. The van der Waals surface area contributed by atoms with E-state index in [1.54, 1.807) is 38.3 Å². The number of aromatic nitrogens is 2. The highest BCUT2D eigenvalue weighted by atomic mass is 19.1. The normalized spacial score (nSPS) is 11.7. The maximum atomic E-state index is 13.7. The van der Waals surface area contributed by atoms with E-state index < -0.39 is 17.8 Å². The molecule has 0 aliphatic rings. The van der Waals surface area contributed by atoms with Crippen molar-refractivity contribution >= 4 is 5.91 Å². The Hall–Kier alpha value is -3.42. The number of carbonyl (C=O) groups excluding carboxylic acids is 1. The number of hydrogen-bond acceptors (Lipinski definition) is 6. The lowest BCUT2D eigenvalue weighted by atomic mass is 10.2. The summed E-state index contributed by atoms with van der Waals surface area (Å²) in [4.78, 5) is 16.5. The van der Waals surface area contributed by atoms with Gasteiger partial charge in [0.2, 0.25) is 11.7 Å². The van der Waals surface area contributed by atoms with Crippen LogP contribution in [0, 0.1) is 5.82 Å². The molecule has 0 saturated carbocycles. The largest absolute Gasteiger partial charge is 0.493 e. The number of hydrogen-bond donors (Lipinski definition) is 1. The van der Waals surface area contributed by atoms with E-state index in [0.717, 1.165) is 0 Å². The Balaban J connectivity index is 1.77. The van der Waals surface area contributed by atoms with Gasteiger partial charge in [0.1, 0.15) is 11.9 Å². The first-order valence-electron chi connectivity index (χ1n) is 8.15. The van der Waals surface area contributed by atoms with Gasteiger partial charge in [-0.3, -0.25) is 4.79 Å². The van der Waals surface area contributed by atoms with Crippen molar-refractivity contribution in [1.29, 1.82) is 0 Å². The van der Waals surface area contributed by atoms with Gasteiger partial charge in [-0.05, 0) is 37.3 Å². The Labute approximate surface area is 155 Å². The molecule has 1 amide bonds. The minimum Gasteiger partial charge on any atom is -0.493 e. The number of rotatable bonds is 6. The van der Waals surface area contributed by atoms with E-state index in [0.29, 0.717) is 22.9 Å². The van der Waals surface area contributed by atoms with Crippen molar-refractivity contribution in [2.75, 3.05) is 14.2 Å². The maximum absolute atomic E-state index is 13.7. The highest BCUT2D eigenvalue weighted by Crippen LogP contribution is 2.31. The maximum Gasteiger partial charge on any atom is 0.254 e. The summed E-state index contributed by atoms with van der Waals surface area (Å²) < 4.78 is 29.4. The fourth-order valence-corrected chi connectivity index (χ4v) is 2.49. The van der Waals surface area contributed by atoms with Crippen molar-refractivity contribution in [3.63, 3.8) is 0 Å². The van der Waals surface area contributed by atoms with Gasteiger partial charge in [0.05, 0.1) is 19.8 Å². The van der Waals surface area contributed by atoms with Crippen LogP contribution in [0.3, 0.4) is 0 Å². The third kappa shape index (κ3) is 3.89. The molecule has 0 spiro atoms. The van der Waals surface area contributed by atoms with E-state index in [1.165, 1.54) is 25.3 Å². The molecule has 0 radical (unpaired) electrons. The number of amides is 1. The molecule has 0 aliphatic carbocycles. The quantitative estimate of drug-likeness (QED) is 0.715. The van der Waals surface area contributed by atoms with Crippen molar-refractivity contribution in [3.8, 4) is 22.9 Å². The predicted molar refractivity (Wildman–Crippen MR) is 95.1 cm³/mol. The van der Waals surface area contributed by atoms with Crippen LogP contribution >= 0.6 is 0 Å². The van der Waals surface area contributed by atoms with Crippen LogP contribution in [0.2, 0.25) is 0 Å². The predicted octanol–water partition coefficient (Wildman–Crippen LogP) is 3.38. The van der Waals surface area contributed by atoms with Crippen LogP contribution in [-0.4, -0.2) is 30.3 Å². The van der Waals surface area contributed by atoms with Gasteiger partial charge in [0.15, 0.2) is 11.5 Å². The molecule has 0 saturated heterocycles. The van der Waals surface area contributed by atoms with E-state index in [4.69, 9.17) is 14.0 Å². The highest BCUT2D eigenvalue weighted by molar-refractivity contribution is 5.94. The summed E-state index contributed by atoms with van der Waals surface area (Å²) in [5, 5.41) is 6.57. The summed E-state index contributed by atoms with van der Waals surface area (Å²) in [6, 6.07) is 10.3. The fourth-order valence-electron chi connectivity index (χ4n) is 2.49. The summed E-state index contributed by atoms with van der Waals surface area (Å²) in [5.41, 5.74) is 0.610. The van der Waals surface area contributed by atoms with Crippen LogP contribution in [-0.2, 0) is 0 Å². The molecule has 27 heavy (non-hydrogen) atoms. The Morgan fingerprint density at radius 2 is 1.89 bits per heavy atom. The zero-order chi connectivity index (χ0) is 19.4. The lowest BCUT2D eigenvalue weighted by Gasteiger charge is -2.10. The molecule has 1 N–H and O–H groups in total. The average Bonchev–Trinajstić information content (AvgIpc) is 3.18. The molecule has 0 fully saturated rings. The monoisotopic (exact) mass is 371 g/mol. The van der Waals surface area contributed by atoms with Gasteiger partial charge in [0.25, 0.3) is 5.91 Å². The second-order valence-corrected chi connectivity index (χ2v) is 5.70. The number of carbonyl (C=O) groups is 1. The van der Waals surface area contributed by atoms with Gasteiger partial charge in [-0.1, -0.05) is 17.3 Å². The Morgan fingerprint density at radius 1 is 1.15 bits per heavy atom. The number of benzene rings is 2. The Bertz CT molecular complexity index is 958. The molecule has 7 nitrogen and oxygen atoms in total. The first-order valence-corrected chi connectivity index (χ1v) is 8.15. The topological polar surface area (TPSA) is 86.5 Å². The van der Waals surface area contributed by atoms with Crippen molar-refractivity contribution in [2.45, 2.75) is 13.0 Å². The molecular formula is C19H18FN3O4. The summed E-state index contributed by atoms with van der Waals surface area (Å²) in [6.45, 7) is 1.67. The van der Waals surface area contributed by atoms with Crippen LogP contribution < -0.4 is 14.8 Å². The zero-order valence-corrected chi connectivity index (χ0v) is 15.0. The van der Waals surface area contributed by atoms with Crippen LogP contribution in [0.15, 0.2) is 47.0 Å². The zero-order valence-electron chi connectivity index (χ0n) is 15.0. The second kappa shape index (κ2) is 7.86. The summed E-state index contributed by atoms with van der Waals surface area (Å²) in [6.07, 6.45) is 0. The van der Waals surface area contributed by atoms with Crippen molar-refractivity contribution in [3.05, 3.63) is 59.7 Å². The van der Waals surface area contributed by atoms with E-state index in [2.05, 4.69) is 15.5 Å². The smallest absolute Gasteiger partial charge is 0.254 e. The molecule has 0 aliphatic heterocycles. The number of halogens is 1. The van der Waals surface area contributed by atoms with Crippen LogP contribution in [0.5, 0.6) is 11.5 Å². The summed E-state index contributed by atoms with van der Waals surface area (Å²) in [7, 11) is 3.08. The number of nitrogens with zero attached hydrogens (tertiary/aromatic N) is 2. The lowest BCUT2D eigenvalue weighted by molar-refractivity contribution is 0.0928. The molecule has 3 rings (SSSR count). The number of nitrogens with one attached hydrogen (secondary N) is 1. The first kappa shape index (κ1) is 18.4. The van der Waals surface area contributed by atoms with E-state index in [-0.39, 0.29) is 11.5 Å². The molecule has 0 unspecified atom stereocenters. The lowest BCUT2D eigenvalue weighted by Crippen LogP contribution is -2.27. The first-order chi connectivity index (χ1) is 13.0. The molecule has 140 valence electrons. The summed E-state index contributed by atoms with van der Waals surface area (Å²) in [5.74, 6) is 0.477. The van der Waals surface area contributed by atoms with E-state index >= 15 is 0 Å². The van der Waals surface area contributed by atoms with Gasteiger partial charge in [-0.15, -0.1) is 0 Å². The standard InChI is InChI=1S/C19H18FN3O4/c1-11(21-18(24)13-6-4-5-7-14(13)20)19-22-17(23-27-19)12-8-9-15(25-2)16(10-12)26-3/h4-11H,1-3H3,(H,21,24)/t11-/m0/s1. The fraction of sp³-hybridized carbons (Fsp3) is 0.211. The molecule has 2 aromatic carbocycles. The van der Waals surface area contributed by atoms with E-state index in [9.17, 15) is 9.18 Å². The second-order valence-electron chi connectivity index (χ2n) is 5.70. The Kier molecular flexibility index (Phi) is 5.35. The highest BCUT2D eigenvalue weighted by Gasteiger charge is 2.20. The molecule has 8 heteroatoms. The molecular weight excluding hydrogens is 353 g/mol. The van der Waals surface area contributed by atoms with Crippen molar-refractivity contribution < 1.29 is 23.2 Å². The molecule has 1 heterocycles. The van der Waals surface area contributed by atoms with Gasteiger partial charge < -0.3 is 19.3 Å². The minimum absolute atomic E-state index is 0.0519. The minimum atomic E-state index is -0.599. The van der Waals surface area contributed by atoms with Gasteiger partial charge in [0, 0.05) is 5.56 Å². The third-order valence-electron chi connectivity index (χ3n) is 3.92. The molecule has 1 aromatic heterocycles. The number of ether oxygens (including phenoxy) is 2. The van der Waals surface area contributed by atoms with Crippen LogP contribution in [0.4, 0.5) is 4.39 Å². The van der Waals surface area contributed by atoms with Crippen LogP contribution in [0.1, 0.15) is 29.2 Å². The molecule has 0 bridgehead atoms. The van der Waals surface area contributed by atoms with E-state index in [1.807, 2.05) is 0 Å². The average molecular weight is 371 g/mol. The van der Waals surface area contributed by atoms with Crippen LogP contribution in [0.25, 0.3) is 11.4 Å². The van der Waals surface area contributed by atoms with Gasteiger partial charge >= 0.3 is 0 Å². The van der Waals surface area contributed by atoms with Crippen molar-refractivity contribution in [2.24, 2.45) is 0 Å². The third-order valence-corrected chi connectivity index (χ3v) is 3.92. The molecule has 3 aromatic rings. The summed E-state index contributed by atoms with van der Waals surface area (Å²) >= 11 is 0. The van der Waals surface area contributed by atoms with Gasteiger partial charge in [-0.25, -0.2) is 4.39 Å². The molecule has 1 atom stereocenters.